The van der Waals surface area contributed by atoms with Crippen molar-refractivity contribution < 1.29 is 14.3 Å². The van der Waals surface area contributed by atoms with Crippen molar-refractivity contribution in [2.45, 2.75) is 13.1 Å². The Morgan fingerprint density at radius 2 is 2.09 bits per heavy atom. The van der Waals surface area contributed by atoms with Gasteiger partial charge in [-0.15, -0.1) is 5.10 Å². The van der Waals surface area contributed by atoms with Gasteiger partial charge in [0.1, 0.15) is 12.1 Å². The highest BCUT2D eigenvalue weighted by atomic mass is 35.5. The van der Waals surface area contributed by atoms with Crippen molar-refractivity contribution in [3.8, 4) is 5.75 Å². The van der Waals surface area contributed by atoms with Crippen molar-refractivity contribution in [2.75, 3.05) is 27.3 Å². The average Bonchev–Trinajstić information content (AvgIpc) is 3.01. The lowest BCUT2D eigenvalue weighted by Crippen LogP contribution is -2.24. The van der Waals surface area contributed by atoms with E-state index in [9.17, 15) is 4.79 Å². The highest BCUT2D eigenvalue weighted by molar-refractivity contribution is 6.30. The number of methoxy groups -OCH3 is 1. The van der Waals surface area contributed by atoms with Crippen LogP contribution in [0.2, 0.25) is 5.02 Å². The molecule has 0 radical (unpaired) electrons. The number of aromatic nitrogens is 3. The molecule has 0 amide bonds. The Morgan fingerprint density at radius 1 is 1.35 bits per heavy atom. The summed E-state index contributed by atoms with van der Waals surface area (Å²) in [6.07, 6.45) is 2.37. The van der Waals surface area contributed by atoms with Crippen LogP contribution >= 0.6 is 11.6 Å². The normalized spacial score (nSPS) is 10.8. The number of carbonyl (C=O) groups excluding carboxylic acids is 1. The molecule has 0 unspecified atom stereocenters. The van der Waals surface area contributed by atoms with Crippen LogP contribution in [-0.4, -0.2) is 52.9 Å². The predicted octanol–water partition coefficient (Wildman–Crippen LogP) is 2.08. The van der Waals surface area contributed by atoms with Gasteiger partial charge >= 0.3 is 5.97 Å². The molecule has 0 saturated carbocycles. The first kappa shape index (κ1) is 17.2. The van der Waals surface area contributed by atoms with E-state index in [-0.39, 0.29) is 5.82 Å². The Labute approximate surface area is 139 Å². The number of carbonyl (C=O) groups is 1. The number of ether oxygens (including phenoxy) is 2. The summed E-state index contributed by atoms with van der Waals surface area (Å²) in [6.45, 7) is 1.96. The van der Waals surface area contributed by atoms with Crippen molar-refractivity contribution in [1.29, 1.82) is 0 Å². The average molecular weight is 339 g/mol. The van der Waals surface area contributed by atoms with Crippen LogP contribution in [0.25, 0.3) is 0 Å². The Bertz CT molecular complexity index is 630. The van der Waals surface area contributed by atoms with Crippen molar-refractivity contribution >= 4 is 17.6 Å². The zero-order valence-corrected chi connectivity index (χ0v) is 13.9. The first-order chi connectivity index (χ1) is 11.1. The van der Waals surface area contributed by atoms with E-state index < -0.39 is 5.97 Å². The van der Waals surface area contributed by atoms with Crippen LogP contribution in [0.15, 0.2) is 30.6 Å². The molecule has 8 heteroatoms. The van der Waals surface area contributed by atoms with Crippen molar-refractivity contribution in [3.63, 3.8) is 0 Å². The van der Waals surface area contributed by atoms with Crippen LogP contribution in [0.3, 0.4) is 0 Å². The number of hydrogen-bond donors (Lipinski definition) is 0. The Kier molecular flexibility index (Phi) is 6.37. The van der Waals surface area contributed by atoms with Gasteiger partial charge in [0.05, 0.1) is 20.4 Å². The minimum Gasteiger partial charge on any atom is -0.494 e. The molecule has 0 aliphatic carbocycles. The van der Waals surface area contributed by atoms with Crippen LogP contribution in [0.4, 0.5) is 0 Å². The fourth-order valence-electron chi connectivity index (χ4n) is 1.92. The van der Waals surface area contributed by atoms with E-state index in [1.807, 2.05) is 19.2 Å². The van der Waals surface area contributed by atoms with Gasteiger partial charge in [0.15, 0.2) is 0 Å². The van der Waals surface area contributed by atoms with E-state index in [1.54, 1.807) is 16.8 Å². The standard InChI is InChI=1S/C15H19ClN4O3/c1-19(11-20-10-17-14(18-20)15(21)22-2)8-3-9-23-13-6-4-12(16)5-7-13/h4-7,10H,3,8-9,11H2,1-2H3. The zero-order chi connectivity index (χ0) is 16.7. The third-order valence-electron chi connectivity index (χ3n) is 3.06. The summed E-state index contributed by atoms with van der Waals surface area (Å²) in [5.74, 6) is 0.325. The Hall–Kier alpha value is -2.12. The highest BCUT2D eigenvalue weighted by Crippen LogP contribution is 2.15. The molecule has 0 bridgehead atoms. The van der Waals surface area contributed by atoms with Gasteiger partial charge in [-0.2, -0.15) is 0 Å². The second kappa shape index (κ2) is 8.50. The van der Waals surface area contributed by atoms with Gasteiger partial charge in [0.25, 0.3) is 5.82 Å². The molecular formula is C15H19ClN4O3. The first-order valence-corrected chi connectivity index (χ1v) is 7.51. The summed E-state index contributed by atoms with van der Waals surface area (Å²) in [7, 11) is 3.26. The molecule has 1 heterocycles. The SMILES string of the molecule is COC(=O)c1ncn(CN(C)CCCOc2ccc(Cl)cc2)n1. The molecule has 0 N–H and O–H groups in total. The van der Waals surface area contributed by atoms with Crippen LogP contribution < -0.4 is 4.74 Å². The minimum absolute atomic E-state index is 0.0620. The molecule has 0 atom stereocenters. The van der Waals surface area contributed by atoms with E-state index in [2.05, 4.69) is 19.7 Å². The molecule has 1 aromatic heterocycles. The van der Waals surface area contributed by atoms with Gasteiger partial charge in [0.2, 0.25) is 0 Å². The largest absolute Gasteiger partial charge is 0.494 e. The molecule has 7 nitrogen and oxygen atoms in total. The monoisotopic (exact) mass is 338 g/mol. The molecular weight excluding hydrogens is 320 g/mol. The zero-order valence-electron chi connectivity index (χ0n) is 13.1. The van der Waals surface area contributed by atoms with E-state index >= 15 is 0 Å². The Balaban J connectivity index is 1.68. The third kappa shape index (κ3) is 5.54. The topological polar surface area (TPSA) is 69.5 Å². The predicted molar refractivity (Wildman–Crippen MR) is 85.6 cm³/mol. The first-order valence-electron chi connectivity index (χ1n) is 7.13. The number of rotatable bonds is 8. The quantitative estimate of drug-likeness (QED) is 0.542. The summed E-state index contributed by atoms with van der Waals surface area (Å²) in [5, 5.41) is 4.74. The molecule has 2 aromatic rings. The van der Waals surface area contributed by atoms with E-state index in [1.165, 1.54) is 13.4 Å². The highest BCUT2D eigenvalue weighted by Gasteiger charge is 2.11. The van der Waals surface area contributed by atoms with Crippen molar-refractivity contribution in [2.24, 2.45) is 0 Å². The number of halogens is 1. The summed E-state index contributed by atoms with van der Waals surface area (Å²) in [5.41, 5.74) is 0. The summed E-state index contributed by atoms with van der Waals surface area (Å²) in [6, 6.07) is 7.28. The minimum atomic E-state index is -0.539. The molecule has 124 valence electrons. The third-order valence-corrected chi connectivity index (χ3v) is 3.31. The molecule has 2 rings (SSSR count). The maximum Gasteiger partial charge on any atom is 0.377 e. The summed E-state index contributed by atoms with van der Waals surface area (Å²) < 4.78 is 11.8. The molecule has 0 fully saturated rings. The van der Waals surface area contributed by atoms with Crippen LogP contribution in [0.1, 0.15) is 17.0 Å². The lowest BCUT2D eigenvalue weighted by Gasteiger charge is -2.16. The smallest absolute Gasteiger partial charge is 0.377 e. The second-order valence-corrected chi connectivity index (χ2v) is 5.41. The van der Waals surface area contributed by atoms with Gasteiger partial charge in [-0.1, -0.05) is 11.6 Å². The molecule has 0 spiro atoms. The molecule has 0 saturated heterocycles. The maximum absolute atomic E-state index is 11.3. The number of nitrogens with zero attached hydrogens (tertiary/aromatic N) is 4. The fourth-order valence-corrected chi connectivity index (χ4v) is 2.05. The maximum atomic E-state index is 11.3. The van der Waals surface area contributed by atoms with E-state index in [0.717, 1.165) is 18.7 Å². The van der Waals surface area contributed by atoms with Gasteiger partial charge < -0.3 is 9.47 Å². The number of benzene rings is 1. The molecule has 0 aliphatic rings. The van der Waals surface area contributed by atoms with Gasteiger partial charge in [-0.3, -0.25) is 4.90 Å². The van der Waals surface area contributed by atoms with Crippen LogP contribution in [-0.2, 0) is 11.4 Å². The van der Waals surface area contributed by atoms with Crippen LogP contribution in [0.5, 0.6) is 5.75 Å². The molecule has 23 heavy (non-hydrogen) atoms. The number of hydrogen-bond acceptors (Lipinski definition) is 6. The van der Waals surface area contributed by atoms with E-state index in [4.69, 9.17) is 16.3 Å². The van der Waals surface area contributed by atoms with Crippen LogP contribution in [0, 0.1) is 0 Å². The second-order valence-electron chi connectivity index (χ2n) is 4.98. The lowest BCUT2D eigenvalue weighted by molar-refractivity contribution is 0.0585. The fraction of sp³-hybridized carbons (Fsp3) is 0.400. The van der Waals surface area contributed by atoms with Gasteiger partial charge in [-0.05, 0) is 37.7 Å². The summed E-state index contributed by atoms with van der Waals surface area (Å²) >= 11 is 5.82. The molecule has 1 aromatic carbocycles. The van der Waals surface area contributed by atoms with Gasteiger partial charge in [-0.25, -0.2) is 14.5 Å². The molecule has 0 aliphatic heterocycles. The van der Waals surface area contributed by atoms with Gasteiger partial charge in [0, 0.05) is 11.6 Å². The van der Waals surface area contributed by atoms with E-state index in [0.29, 0.717) is 18.3 Å². The number of esters is 1. The van der Waals surface area contributed by atoms with Crippen molar-refractivity contribution in [3.05, 3.63) is 41.4 Å². The van der Waals surface area contributed by atoms with Crippen molar-refractivity contribution in [1.82, 2.24) is 19.7 Å². The summed E-state index contributed by atoms with van der Waals surface area (Å²) in [4.78, 5) is 17.2. The Morgan fingerprint density at radius 3 is 2.78 bits per heavy atom. The lowest BCUT2D eigenvalue weighted by atomic mass is 10.3.